The van der Waals surface area contributed by atoms with Gasteiger partial charge in [-0.25, -0.2) is 9.37 Å². The monoisotopic (exact) mass is 322 g/mol. The normalized spacial score (nSPS) is 22.4. The molecule has 1 aromatic rings. The van der Waals surface area contributed by atoms with Crippen LogP contribution >= 0.6 is 0 Å². The molecule has 126 valence electrons. The predicted molar refractivity (Wildman–Crippen MR) is 82.5 cm³/mol. The van der Waals surface area contributed by atoms with Crippen molar-refractivity contribution in [1.29, 1.82) is 0 Å². The summed E-state index contributed by atoms with van der Waals surface area (Å²) in [6.07, 6.45) is 2.94. The minimum absolute atomic E-state index is 0.0293. The summed E-state index contributed by atoms with van der Waals surface area (Å²) < 4.78 is 25.0. The van der Waals surface area contributed by atoms with E-state index in [0.29, 0.717) is 38.6 Å². The molecule has 0 saturated carbocycles. The molecular weight excluding hydrogens is 299 g/mol. The van der Waals surface area contributed by atoms with Crippen LogP contribution < -0.4 is 4.74 Å². The number of carbonyl (C=O) groups is 1. The van der Waals surface area contributed by atoms with E-state index in [1.807, 2.05) is 18.7 Å². The van der Waals surface area contributed by atoms with E-state index >= 15 is 0 Å². The predicted octanol–water partition coefficient (Wildman–Crippen LogP) is 2.26. The summed E-state index contributed by atoms with van der Waals surface area (Å²) in [4.78, 5) is 17.8. The fourth-order valence-corrected chi connectivity index (χ4v) is 3.28. The molecule has 0 unspecified atom stereocenters. The fourth-order valence-electron chi connectivity index (χ4n) is 3.28. The maximum atomic E-state index is 13.6. The second-order valence-electron chi connectivity index (χ2n) is 6.85. The van der Waals surface area contributed by atoms with Gasteiger partial charge in [-0.3, -0.25) is 4.79 Å². The topological polar surface area (TPSA) is 51.7 Å². The first-order valence-electron chi connectivity index (χ1n) is 8.15. The van der Waals surface area contributed by atoms with Gasteiger partial charge in [-0.1, -0.05) is 13.8 Å². The van der Waals surface area contributed by atoms with E-state index in [9.17, 15) is 9.18 Å². The van der Waals surface area contributed by atoms with Crippen LogP contribution in [-0.4, -0.2) is 47.7 Å². The number of ether oxygens (including phenoxy) is 2. The van der Waals surface area contributed by atoms with Gasteiger partial charge in [0.05, 0.1) is 19.7 Å². The molecule has 0 aromatic carbocycles. The molecule has 2 saturated heterocycles. The summed E-state index contributed by atoms with van der Waals surface area (Å²) in [5.41, 5.74) is -0.322. The molecule has 2 fully saturated rings. The van der Waals surface area contributed by atoms with Crippen molar-refractivity contribution in [3.05, 3.63) is 24.1 Å². The number of hydrogen-bond donors (Lipinski definition) is 0. The minimum Gasteiger partial charge on any atom is -0.475 e. The number of amides is 1. The molecule has 0 bridgehead atoms. The Morgan fingerprint density at radius 2 is 2.35 bits per heavy atom. The molecule has 1 amide bonds. The number of rotatable bonds is 5. The fraction of sp³-hybridized carbons (Fsp3) is 0.647. The number of aromatic nitrogens is 1. The lowest BCUT2D eigenvalue weighted by Gasteiger charge is -2.50. The van der Waals surface area contributed by atoms with Crippen LogP contribution in [0.2, 0.25) is 0 Å². The van der Waals surface area contributed by atoms with Crippen LogP contribution in [-0.2, 0) is 9.53 Å². The van der Waals surface area contributed by atoms with Crippen LogP contribution in [0.25, 0.3) is 0 Å². The van der Waals surface area contributed by atoms with Gasteiger partial charge in [0.15, 0.2) is 5.82 Å². The van der Waals surface area contributed by atoms with Crippen LogP contribution in [0, 0.1) is 17.7 Å². The van der Waals surface area contributed by atoms with Crippen molar-refractivity contribution >= 4 is 5.91 Å². The molecule has 1 spiro atoms. The Labute approximate surface area is 135 Å². The van der Waals surface area contributed by atoms with Gasteiger partial charge in [-0.2, -0.15) is 0 Å². The SMILES string of the molecule is CC(C)CC(=O)N1CC2(C1)OCC[C@@H]2COc1ncccc1F. The number of halogens is 1. The van der Waals surface area contributed by atoms with Crippen LogP contribution in [0.1, 0.15) is 26.7 Å². The lowest BCUT2D eigenvalue weighted by Crippen LogP contribution is -2.66. The van der Waals surface area contributed by atoms with Crippen molar-refractivity contribution < 1.29 is 18.7 Å². The minimum atomic E-state index is -0.456. The van der Waals surface area contributed by atoms with Crippen molar-refractivity contribution in [2.24, 2.45) is 11.8 Å². The standard InChI is InChI=1S/C17H23FN2O3/c1-12(2)8-15(21)20-10-17(11-20)13(5-7-23-17)9-22-16-14(18)4-3-6-19-16/h3-4,6,12-13H,5,7-11H2,1-2H3/t13-/m1/s1. The zero-order valence-corrected chi connectivity index (χ0v) is 13.6. The first-order chi connectivity index (χ1) is 11.0. The first kappa shape index (κ1) is 16.2. The lowest BCUT2D eigenvalue weighted by molar-refractivity contribution is -0.167. The summed E-state index contributed by atoms with van der Waals surface area (Å²) in [6.45, 7) is 6.31. The Hall–Kier alpha value is -1.69. The van der Waals surface area contributed by atoms with Gasteiger partial charge in [0.1, 0.15) is 5.60 Å². The molecule has 6 heteroatoms. The number of pyridine rings is 1. The van der Waals surface area contributed by atoms with E-state index in [4.69, 9.17) is 9.47 Å². The Morgan fingerprint density at radius 3 is 3.04 bits per heavy atom. The Kier molecular flexibility index (Phi) is 4.53. The molecular formula is C17H23FN2O3. The molecule has 3 rings (SSSR count). The average molecular weight is 322 g/mol. The van der Waals surface area contributed by atoms with Crippen LogP contribution in [0.5, 0.6) is 5.88 Å². The molecule has 1 aromatic heterocycles. The summed E-state index contributed by atoms with van der Waals surface area (Å²) in [6, 6.07) is 2.87. The third-order valence-electron chi connectivity index (χ3n) is 4.60. The van der Waals surface area contributed by atoms with E-state index in [2.05, 4.69) is 4.98 Å². The smallest absolute Gasteiger partial charge is 0.250 e. The quantitative estimate of drug-likeness (QED) is 0.834. The molecule has 2 aliphatic heterocycles. The third kappa shape index (κ3) is 3.32. The second kappa shape index (κ2) is 6.43. The van der Waals surface area contributed by atoms with Crippen molar-refractivity contribution in [3.8, 4) is 5.88 Å². The van der Waals surface area contributed by atoms with Gasteiger partial charge in [0.2, 0.25) is 11.8 Å². The molecule has 1 atom stereocenters. The number of likely N-dealkylation sites (tertiary alicyclic amines) is 1. The van der Waals surface area contributed by atoms with E-state index in [0.717, 1.165) is 6.42 Å². The van der Waals surface area contributed by atoms with Crippen LogP contribution in [0.4, 0.5) is 4.39 Å². The summed E-state index contributed by atoms with van der Waals surface area (Å²) >= 11 is 0. The highest BCUT2D eigenvalue weighted by Gasteiger charge is 2.54. The van der Waals surface area contributed by atoms with Gasteiger partial charge in [-0.05, 0) is 24.5 Å². The average Bonchev–Trinajstić information content (AvgIpc) is 2.88. The third-order valence-corrected chi connectivity index (χ3v) is 4.60. The zero-order chi connectivity index (χ0) is 16.4. The van der Waals surface area contributed by atoms with Gasteiger partial charge >= 0.3 is 0 Å². The highest BCUT2D eigenvalue weighted by Crippen LogP contribution is 2.40. The van der Waals surface area contributed by atoms with E-state index in [-0.39, 0.29) is 23.3 Å². The Balaban J connectivity index is 1.55. The van der Waals surface area contributed by atoms with Gasteiger partial charge in [0.25, 0.3) is 0 Å². The molecule has 0 N–H and O–H groups in total. The maximum absolute atomic E-state index is 13.6. The molecule has 0 aliphatic carbocycles. The van der Waals surface area contributed by atoms with E-state index < -0.39 is 5.82 Å². The maximum Gasteiger partial charge on any atom is 0.250 e. The highest BCUT2D eigenvalue weighted by atomic mass is 19.1. The molecule has 23 heavy (non-hydrogen) atoms. The van der Waals surface area contributed by atoms with Crippen molar-refractivity contribution in [2.45, 2.75) is 32.3 Å². The van der Waals surface area contributed by atoms with Gasteiger partial charge in [0, 0.05) is 25.1 Å². The van der Waals surface area contributed by atoms with E-state index in [1.54, 1.807) is 0 Å². The summed E-state index contributed by atoms with van der Waals surface area (Å²) in [7, 11) is 0. The summed E-state index contributed by atoms with van der Waals surface area (Å²) in [5.74, 6) is 0.266. The zero-order valence-electron chi connectivity index (χ0n) is 13.6. The molecule has 3 heterocycles. The number of nitrogens with zero attached hydrogens (tertiary/aromatic N) is 2. The second-order valence-corrected chi connectivity index (χ2v) is 6.85. The number of carbonyl (C=O) groups excluding carboxylic acids is 1. The van der Waals surface area contributed by atoms with Gasteiger partial charge in [-0.15, -0.1) is 0 Å². The Morgan fingerprint density at radius 1 is 1.57 bits per heavy atom. The molecule has 2 aliphatic rings. The lowest BCUT2D eigenvalue weighted by atomic mass is 9.81. The van der Waals surface area contributed by atoms with E-state index in [1.165, 1.54) is 18.3 Å². The van der Waals surface area contributed by atoms with Crippen LogP contribution in [0.15, 0.2) is 18.3 Å². The molecule has 0 radical (unpaired) electrons. The van der Waals surface area contributed by atoms with Crippen molar-refractivity contribution in [3.63, 3.8) is 0 Å². The Bertz CT molecular complexity index is 573. The highest BCUT2D eigenvalue weighted by molar-refractivity contribution is 5.77. The van der Waals surface area contributed by atoms with Crippen molar-refractivity contribution in [1.82, 2.24) is 9.88 Å². The van der Waals surface area contributed by atoms with Crippen molar-refractivity contribution in [2.75, 3.05) is 26.3 Å². The number of hydrogen-bond acceptors (Lipinski definition) is 4. The van der Waals surface area contributed by atoms with Crippen LogP contribution in [0.3, 0.4) is 0 Å². The largest absolute Gasteiger partial charge is 0.475 e. The van der Waals surface area contributed by atoms with Gasteiger partial charge < -0.3 is 14.4 Å². The summed E-state index contributed by atoms with van der Waals surface area (Å²) in [5, 5.41) is 0. The first-order valence-corrected chi connectivity index (χ1v) is 8.15. The molecule has 5 nitrogen and oxygen atoms in total.